The monoisotopic (exact) mass is 377 g/mol. The summed E-state index contributed by atoms with van der Waals surface area (Å²) < 4.78 is 37.1. The van der Waals surface area contributed by atoms with Gasteiger partial charge in [0.2, 0.25) is 10.0 Å². The summed E-state index contributed by atoms with van der Waals surface area (Å²) in [4.78, 5) is 12.0. The van der Waals surface area contributed by atoms with Gasteiger partial charge in [-0.3, -0.25) is 0 Å². The molecule has 8 heteroatoms. The van der Waals surface area contributed by atoms with E-state index in [4.69, 9.17) is 9.47 Å². The lowest BCUT2D eigenvalue weighted by atomic mass is 10.2. The number of methoxy groups -OCH3 is 1. The molecule has 1 aromatic rings. The molecule has 21 heavy (non-hydrogen) atoms. The minimum atomic E-state index is -3.60. The van der Waals surface area contributed by atoms with Gasteiger partial charge in [0.05, 0.1) is 17.1 Å². The van der Waals surface area contributed by atoms with Crippen LogP contribution in [-0.2, 0) is 19.5 Å². The third-order valence-corrected chi connectivity index (χ3v) is 5.10. The molecule has 0 unspecified atom stereocenters. The molecule has 0 aromatic heterocycles. The van der Waals surface area contributed by atoms with Gasteiger partial charge in [-0.1, -0.05) is 0 Å². The highest BCUT2D eigenvalue weighted by atomic mass is 79.9. The molecule has 0 atom stereocenters. The smallest absolute Gasteiger partial charge is 0.339 e. The topological polar surface area (TPSA) is 81.7 Å². The van der Waals surface area contributed by atoms with Gasteiger partial charge >= 0.3 is 5.97 Å². The maximum absolute atomic E-state index is 12.1. The molecule has 1 aromatic carbocycles. The van der Waals surface area contributed by atoms with Gasteiger partial charge in [-0.15, -0.1) is 0 Å². The summed E-state index contributed by atoms with van der Waals surface area (Å²) in [6, 6.07) is 4.29. The number of carbonyl (C=O) groups excluding carboxylic acids is 1. The lowest BCUT2D eigenvalue weighted by molar-refractivity contribution is 0.0387. The number of carbonyl (C=O) groups is 1. The van der Waals surface area contributed by atoms with Crippen LogP contribution in [0.15, 0.2) is 27.6 Å². The molecule has 1 aliphatic carbocycles. The van der Waals surface area contributed by atoms with Crippen LogP contribution in [0.4, 0.5) is 0 Å². The second-order valence-corrected chi connectivity index (χ2v) is 7.23. The zero-order valence-corrected chi connectivity index (χ0v) is 13.9. The second-order valence-electron chi connectivity index (χ2n) is 4.67. The number of hydrogen-bond donors (Lipinski definition) is 1. The zero-order valence-electron chi connectivity index (χ0n) is 11.5. The summed E-state index contributed by atoms with van der Waals surface area (Å²) in [5, 5.41) is 0. The number of halogens is 1. The van der Waals surface area contributed by atoms with Crippen molar-refractivity contribution in [2.75, 3.05) is 20.3 Å². The Kier molecular flexibility index (Phi) is 5.37. The number of ether oxygens (including phenoxy) is 2. The lowest BCUT2D eigenvalue weighted by Gasteiger charge is -2.09. The molecule has 0 radical (unpaired) electrons. The quantitative estimate of drug-likeness (QED) is 0.577. The molecule has 0 heterocycles. The van der Waals surface area contributed by atoms with Gasteiger partial charge in [-0.2, -0.15) is 0 Å². The predicted molar refractivity (Wildman–Crippen MR) is 79.6 cm³/mol. The Morgan fingerprint density at radius 3 is 2.71 bits per heavy atom. The van der Waals surface area contributed by atoms with Gasteiger partial charge in [0, 0.05) is 17.6 Å². The largest absolute Gasteiger partial charge is 0.460 e. The SMILES string of the molecule is COCCOC(=O)c1cc(S(=O)(=O)NC2CC2)ccc1Br. The Labute approximate surface area is 132 Å². The van der Waals surface area contributed by atoms with E-state index in [1.54, 1.807) is 0 Å². The summed E-state index contributed by atoms with van der Waals surface area (Å²) in [6.45, 7) is 0.393. The van der Waals surface area contributed by atoms with E-state index in [0.717, 1.165) is 12.8 Å². The summed E-state index contributed by atoms with van der Waals surface area (Å²) in [5.74, 6) is -0.595. The molecule has 1 fully saturated rings. The van der Waals surface area contributed by atoms with E-state index in [1.807, 2.05) is 0 Å². The molecule has 116 valence electrons. The van der Waals surface area contributed by atoms with Crippen molar-refractivity contribution >= 4 is 31.9 Å². The molecule has 0 spiro atoms. The Hall–Kier alpha value is -0.960. The van der Waals surface area contributed by atoms with E-state index in [2.05, 4.69) is 20.7 Å². The molecular weight excluding hydrogens is 362 g/mol. The van der Waals surface area contributed by atoms with E-state index >= 15 is 0 Å². The maximum Gasteiger partial charge on any atom is 0.339 e. The van der Waals surface area contributed by atoms with E-state index in [9.17, 15) is 13.2 Å². The molecule has 0 saturated heterocycles. The van der Waals surface area contributed by atoms with Crippen LogP contribution in [-0.4, -0.2) is 40.8 Å². The molecule has 0 aliphatic heterocycles. The summed E-state index contributed by atoms with van der Waals surface area (Å²) in [7, 11) is -2.10. The normalized spacial score (nSPS) is 15.0. The highest BCUT2D eigenvalue weighted by Crippen LogP contribution is 2.25. The molecular formula is C13H16BrNO5S. The number of sulfonamides is 1. The fraction of sp³-hybridized carbons (Fsp3) is 0.462. The Morgan fingerprint density at radius 1 is 1.38 bits per heavy atom. The van der Waals surface area contributed by atoms with Gasteiger partial charge < -0.3 is 9.47 Å². The van der Waals surface area contributed by atoms with Crippen LogP contribution in [0.2, 0.25) is 0 Å². The summed E-state index contributed by atoms with van der Waals surface area (Å²) in [6.07, 6.45) is 1.70. The summed E-state index contributed by atoms with van der Waals surface area (Å²) in [5.41, 5.74) is 0.171. The standard InChI is InChI=1S/C13H16BrNO5S/c1-19-6-7-20-13(16)11-8-10(4-5-12(11)14)21(17,18)15-9-2-3-9/h4-5,8-9,15H,2-3,6-7H2,1H3. The van der Waals surface area contributed by atoms with E-state index in [1.165, 1.54) is 25.3 Å². The van der Waals surface area contributed by atoms with Crippen molar-refractivity contribution in [1.82, 2.24) is 4.72 Å². The van der Waals surface area contributed by atoms with Gasteiger partial charge in [0.25, 0.3) is 0 Å². The maximum atomic E-state index is 12.1. The van der Waals surface area contributed by atoms with Crippen molar-refractivity contribution in [3.05, 3.63) is 28.2 Å². The minimum absolute atomic E-state index is 0.00995. The first-order chi connectivity index (χ1) is 9.94. The van der Waals surface area contributed by atoms with Crippen molar-refractivity contribution in [2.24, 2.45) is 0 Å². The number of hydrogen-bond acceptors (Lipinski definition) is 5. The highest BCUT2D eigenvalue weighted by molar-refractivity contribution is 9.10. The number of rotatable bonds is 7. The van der Waals surface area contributed by atoms with E-state index < -0.39 is 16.0 Å². The highest BCUT2D eigenvalue weighted by Gasteiger charge is 2.28. The first-order valence-corrected chi connectivity index (χ1v) is 8.69. The van der Waals surface area contributed by atoms with Crippen molar-refractivity contribution in [3.8, 4) is 0 Å². The van der Waals surface area contributed by atoms with Gasteiger partial charge in [-0.25, -0.2) is 17.9 Å². The van der Waals surface area contributed by atoms with Gasteiger partial charge in [0.15, 0.2) is 0 Å². The molecule has 1 aliphatic rings. The molecule has 2 rings (SSSR count). The van der Waals surface area contributed by atoms with Crippen molar-refractivity contribution < 1.29 is 22.7 Å². The fourth-order valence-electron chi connectivity index (χ4n) is 1.61. The molecule has 1 N–H and O–H groups in total. The van der Waals surface area contributed by atoms with Crippen LogP contribution in [0.25, 0.3) is 0 Å². The zero-order chi connectivity index (χ0) is 15.5. The van der Waals surface area contributed by atoms with Crippen LogP contribution in [0, 0.1) is 0 Å². The third kappa shape index (κ3) is 4.50. The summed E-state index contributed by atoms with van der Waals surface area (Å²) >= 11 is 3.22. The molecule has 0 amide bonds. The molecule has 1 saturated carbocycles. The van der Waals surface area contributed by atoms with Crippen molar-refractivity contribution in [2.45, 2.75) is 23.8 Å². The van der Waals surface area contributed by atoms with Gasteiger partial charge in [0.1, 0.15) is 6.61 Å². The van der Waals surface area contributed by atoms with Crippen LogP contribution in [0.1, 0.15) is 23.2 Å². The average molecular weight is 378 g/mol. The van der Waals surface area contributed by atoms with Crippen LogP contribution >= 0.6 is 15.9 Å². The van der Waals surface area contributed by atoms with Crippen molar-refractivity contribution in [3.63, 3.8) is 0 Å². The molecule has 6 nitrogen and oxygen atoms in total. The van der Waals surface area contributed by atoms with E-state index in [0.29, 0.717) is 4.47 Å². The first-order valence-electron chi connectivity index (χ1n) is 6.42. The Balaban J connectivity index is 2.18. The Bertz CT molecular complexity index is 627. The van der Waals surface area contributed by atoms with Gasteiger partial charge in [-0.05, 0) is 47.0 Å². The third-order valence-electron chi connectivity index (χ3n) is 2.89. The predicted octanol–water partition coefficient (Wildman–Crippen LogP) is 1.69. The fourth-order valence-corrected chi connectivity index (χ4v) is 3.35. The van der Waals surface area contributed by atoms with Crippen LogP contribution in [0.5, 0.6) is 0 Å². The minimum Gasteiger partial charge on any atom is -0.460 e. The number of nitrogens with one attached hydrogen (secondary N) is 1. The van der Waals surface area contributed by atoms with Crippen LogP contribution < -0.4 is 4.72 Å². The first kappa shape index (κ1) is 16.4. The Morgan fingerprint density at radius 2 is 2.10 bits per heavy atom. The average Bonchev–Trinajstić information content (AvgIpc) is 3.22. The lowest BCUT2D eigenvalue weighted by Crippen LogP contribution is -2.26. The van der Waals surface area contributed by atoms with E-state index in [-0.39, 0.29) is 29.7 Å². The number of benzene rings is 1. The van der Waals surface area contributed by atoms with Crippen molar-refractivity contribution in [1.29, 1.82) is 0 Å². The second kappa shape index (κ2) is 6.87. The number of esters is 1. The van der Waals surface area contributed by atoms with Crippen LogP contribution in [0.3, 0.4) is 0 Å². The molecule has 0 bridgehead atoms.